The summed E-state index contributed by atoms with van der Waals surface area (Å²) < 4.78 is 5.15. The van der Waals surface area contributed by atoms with Crippen LogP contribution < -0.4 is 15.8 Å². The van der Waals surface area contributed by atoms with Gasteiger partial charge in [0.1, 0.15) is 11.8 Å². The summed E-state index contributed by atoms with van der Waals surface area (Å²) in [5.74, 6) is 0.738. The highest BCUT2D eigenvalue weighted by atomic mass is 16.5. The highest BCUT2D eigenvalue weighted by molar-refractivity contribution is 5.95. The van der Waals surface area contributed by atoms with Gasteiger partial charge in [-0.25, -0.2) is 0 Å². The van der Waals surface area contributed by atoms with E-state index >= 15 is 0 Å². The summed E-state index contributed by atoms with van der Waals surface area (Å²) in [5, 5.41) is 11.3. The summed E-state index contributed by atoms with van der Waals surface area (Å²) in [7, 11) is 0. The maximum atomic E-state index is 11.9. The van der Waals surface area contributed by atoms with Gasteiger partial charge in [0.2, 0.25) is 0 Å². The molecule has 5 heteroatoms. The molecule has 0 bridgehead atoms. The molecule has 1 aromatic rings. The molecule has 0 aliphatic carbocycles. The van der Waals surface area contributed by atoms with Crippen LogP contribution >= 0.6 is 0 Å². The first-order valence-corrected chi connectivity index (χ1v) is 6.22. The van der Waals surface area contributed by atoms with Gasteiger partial charge < -0.3 is 15.8 Å². The normalized spacial score (nSPS) is 10.0. The number of nitrogens with zero attached hydrogens (tertiary/aromatic N) is 1. The number of hydrogen-bond donors (Lipinski definition) is 2. The first-order valence-electron chi connectivity index (χ1n) is 6.22. The number of nitrogens with two attached hydrogens (primary N) is 1. The van der Waals surface area contributed by atoms with Crippen LogP contribution in [0.2, 0.25) is 0 Å². The van der Waals surface area contributed by atoms with Gasteiger partial charge in [0.15, 0.2) is 6.61 Å². The van der Waals surface area contributed by atoms with Crippen LogP contribution in [-0.4, -0.2) is 19.1 Å². The Morgan fingerprint density at radius 1 is 1.53 bits per heavy atom. The van der Waals surface area contributed by atoms with Crippen molar-refractivity contribution in [2.24, 2.45) is 5.92 Å². The summed E-state index contributed by atoms with van der Waals surface area (Å²) in [6.07, 6.45) is 0.929. The second kappa shape index (κ2) is 7.27. The molecule has 102 valence electrons. The number of carbonyl (C=O) groups excluding carboxylic acids is 1. The quantitative estimate of drug-likeness (QED) is 0.766. The van der Waals surface area contributed by atoms with Crippen LogP contribution in [0.25, 0.3) is 0 Å². The standard InChI is InChI=1S/C14H19N3O2/c1-10(2)5-7-17-14(18)11-3-4-12(16)13(9-11)19-8-6-15/h3-4,9-10H,5,7-8,16H2,1-2H3,(H,17,18). The molecule has 1 amide bonds. The molecule has 0 heterocycles. The Hall–Kier alpha value is -2.22. The Kier molecular flexibility index (Phi) is 5.68. The monoisotopic (exact) mass is 261 g/mol. The van der Waals surface area contributed by atoms with Crippen LogP contribution in [0.5, 0.6) is 5.75 Å². The molecule has 3 N–H and O–H groups in total. The second-order valence-electron chi connectivity index (χ2n) is 4.64. The summed E-state index contributed by atoms with van der Waals surface area (Å²) in [6.45, 7) is 4.74. The summed E-state index contributed by atoms with van der Waals surface area (Å²) in [6, 6.07) is 6.65. The van der Waals surface area contributed by atoms with Crippen LogP contribution in [0.3, 0.4) is 0 Å². The highest BCUT2D eigenvalue weighted by Crippen LogP contribution is 2.22. The number of nitriles is 1. The lowest BCUT2D eigenvalue weighted by Crippen LogP contribution is -2.25. The lowest BCUT2D eigenvalue weighted by molar-refractivity contribution is 0.0951. The van der Waals surface area contributed by atoms with E-state index in [1.165, 1.54) is 0 Å². The highest BCUT2D eigenvalue weighted by Gasteiger charge is 2.09. The largest absolute Gasteiger partial charge is 0.477 e. The zero-order valence-electron chi connectivity index (χ0n) is 11.3. The Bertz CT molecular complexity index is 478. The average Bonchev–Trinajstić information content (AvgIpc) is 2.37. The van der Waals surface area contributed by atoms with E-state index in [1.54, 1.807) is 18.2 Å². The van der Waals surface area contributed by atoms with E-state index in [0.717, 1.165) is 6.42 Å². The predicted octanol–water partition coefficient (Wildman–Crippen LogP) is 1.95. The van der Waals surface area contributed by atoms with E-state index in [2.05, 4.69) is 19.2 Å². The topological polar surface area (TPSA) is 88.1 Å². The second-order valence-corrected chi connectivity index (χ2v) is 4.64. The van der Waals surface area contributed by atoms with E-state index in [-0.39, 0.29) is 12.5 Å². The van der Waals surface area contributed by atoms with Crippen molar-refractivity contribution in [3.8, 4) is 11.8 Å². The van der Waals surface area contributed by atoms with E-state index in [1.807, 2.05) is 6.07 Å². The Labute approximate surface area is 113 Å². The van der Waals surface area contributed by atoms with Crippen molar-refractivity contribution in [3.63, 3.8) is 0 Å². The Morgan fingerprint density at radius 2 is 2.26 bits per heavy atom. The maximum Gasteiger partial charge on any atom is 0.251 e. The van der Waals surface area contributed by atoms with E-state index in [9.17, 15) is 4.79 Å². The van der Waals surface area contributed by atoms with Crippen molar-refractivity contribution < 1.29 is 9.53 Å². The summed E-state index contributed by atoms with van der Waals surface area (Å²) in [5.41, 5.74) is 6.59. The fourth-order valence-corrected chi connectivity index (χ4v) is 1.49. The number of benzene rings is 1. The number of anilines is 1. The van der Waals surface area contributed by atoms with E-state index in [4.69, 9.17) is 15.7 Å². The Morgan fingerprint density at radius 3 is 2.89 bits per heavy atom. The summed E-state index contributed by atoms with van der Waals surface area (Å²) in [4.78, 5) is 11.9. The number of hydrogen-bond acceptors (Lipinski definition) is 4. The molecular weight excluding hydrogens is 242 g/mol. The summed E-state index contributed by atoms with van der Waals surface area (Å²) >= 11 is 0. The van der Waals surface area contributed by atoms with Crippen molar-refractivity contribution in [1.29, 1.82) is 5.26 Å². The number of carbonyl (C=O) groups is 1. The fourth-order valence-electron chi connectivity index (χ4n) is 1.49. The third-order valence-electron chi connectivity index (χ3n) is 2.58. The van der Waals surface area contributed by atoms with Gasteiger partial charge in [0.05, 0.1) is 5.69 Å². The number of nitrogen functional groups attached to an aromatic ring is 1. The van der Waals surface area contributed by atoms with Gasteiger partial charge in [0, 0.05) is 12.1 Å². The van der Waals surface area contributed by atoms with Crippen molar-refractivity contribution in [3.05, 3.63) is 23.8 Å². The third-order valence-corrected chi connectivity index (χ3v) is 2.58. The number of nitrogens with one attached hydrogen (secondary N) is 1. The van der Waals surface area contributed by atoms with E-state index in [0.29, 0.717) is 29.5 Å². The smallest absolute Gasteiger partial charge is 0.251 e. The zero-order chi connectivity index (χ0) is 14.3. The molecule has 1 rings (SSSR count). The maximum absolute atomic E-state index is 11.9. The average molecular weight is 261 g/mol. The fraction of sp³-hybridized carbons (Fsp3) is 0.429. The SMILES string of the molecule is CC(C)CCNC(=O)c1ccc(N)c(OCC#N)c1. The number of rotatable bonds is 6. The molecule has 0 aliphatic rings. The van der Waals surface area contributed by atoms with Gasteiger partial charge in [-0.1, -0.05) is 13.8 Å². The zero-order valence-corrected chi connectivity index (χ0v) is 11.3. The van der Waals surface area contributed by atoms with Gasteiger partial charge in [-0.3, -0.25) is 4.79 Å². The molecule has 0 unspecified atom stereocenters. The third kappa shape index (κ3) is 4.88. The number of ether oxygens (including phenoxy) is 1. The minimum atomic E-state index is -0.164. The van der Waals surface area contributed by atoms with Gasteiger partial charge in [0.25, 0.3) is 5.91 Å². The molecule has 0 aliphatic heterocycles. The van der Waals surface area contributed by atoms with Gasteiger partial charge in [-0.15, -0.1) is 0 Å². The molecule has 0 aromatic heterocycles. The number of amides is 1. The molecule has 5 nitrogen and oxygen atoms in total. The van der Waals surface area contributed by atoms with Crippen LogP contribution in [0.15, 0.2) is 18.2 Å². The van der Waals surface area contributed by atoms with Gasteiger partial charge in [-0.2, -0.15) is 5.26 Å². The van der Waals surface area contributed by atoms with Gasteiger partial charge >= 0.3 is 0 Å². The molecule has 0 atom stereocenters. The van der Waals surface area contributed by atoms with Crippen LogP contribution in [0.1, 0.15) is 30.6 Å². The first-order chi connectivity index (χ1) is 9.04. The van der Waals surface area contributed by atoms with E-state index < -0.39 is 0 Å². The Balaban J connectivity index is 2.67. The van der Waals surface area contributed by atoms with Crippen molar-refractivity contribution >= 4 is 11.6 Å². The minimum absolute atomic E-state index is 0.0946. The molecule has 0 spiro atoms. The predicted molar refractivity (Wildman–Crippen MR) is 73.8 cm³/mol. The van der Waals surface area contributed by atoms with Crippen LogP contribution in [0.4, 0.5) is 5.69 Å². The first kappa shape index (κ1) is 14.8. The molecular formula is C14H19N3O2. The van der Waals surface area contributed by atoms with Crippen molar-refractivity contribution in [2.75, 3.05) is 18.9 Å². The van der Waals surface area contributed by atoms with Gasteiger partial charge in [-0.05, 0) is 30.5 Å². The molecule has 19 heavy (non-hydrogen) atoms. The molecule has 1 aromatic carbocycles. The van der Waals surface area contributed by atoms with Crippen molar-refractivity contribution in [1.82, 2.24) is 5.32 Å². The molecule has 0 fully saturated rings. The lowest BCUT2D eigenvalue weighted by Gasteiger charge is -2.10. The molecule has 0 radical (unpaired) electrons. The van der Waals surface area contributed by atoms with Crippen molar-refractivity contribution in [2.45, 2.75) is 20.3 Å². The molecule has 0 saturated heterocycles. The lowest BCUT2D eigenvalue weighted by atomic mass is 10.1. The van der Waals surface area contributed by atoms with Crippen LogP contribution in [0, 0.1) is 17.2 Å². The minimum Gasteiger partial charge on any atom is -0.477 e. The molecule has 0 saturated carbocycles. The van der Waals surface area contributed by atoms with Crippen LogP contribution in [-0.2, 0) is 0 Å².